The molecule has 4 nitrogen and oxygen atoms in total. The van der Waals surface area contributed by atoms with Crippen molar-refractivity contribution in [3.63, 3.8) is 0 Å². The molecule has 0 aliphatic carbocycles. The highest BCUT2D eigenvalue weighted by Crippen LogP contribution is 2.26. The van der Waals surface area contributed by atoms with Gasteiger partial charge in [0, 0.05) is 12.6 Å². The topological polar surface area (TPSA) is 49.8 Å². The molecule has 1 saturated heterocycles. The van der Waals surface area contributed by atoms with Crippen LogP contribution in [0.1, 0.15) is 29.7 Å². The fourth-order valence-electron chi connectivity index (χ4n) is 2.74. The number of aliphatic carboxylic acids is 1. The van der Waals surface area contributed by atoms with Crippen LogP contribution in [0.5, 0.6) is 0 Å². The normalized spacial score (nSPS) is 22.2. The van der Waals surface area contributed by atoms with Gasteiger partial charge in [0.1, 0.15) is 6.04 Å². The molecule has 104 valence electrons. The molecule has 1 aromatic rings. The van der Waals surface area contributed by atoms with Crippen molar-refractivity contribution in [2.45, 2.75) is 32.9 Å². The number of aryl methyl sites for hydroxylation is 2. The van der Waals surface area contributed by atoms with Crippen molar-refractivity contribution < 1.29 is 14.6 Å². The summed E-state index contributed by atoms with van der Waals surface area (Å²) in [6.07, 6.45) is 0. The second-order valence-electron chi connectivity index (χ2n) is 5.26. The van der Waals surface area contributed by atoms with E-state index >= 15 is 0 Å². The first-order valence-electron chi connectivity index (χ1n) is 6.63. The Morgan fingerprint density at radius 2 is 2.00 bits per heavy atom. The van der Waals surface area contributed by atoms with Gasteiger partial charge >= 0.3 is 5.97 Å². The van der Waals surface area contributed by atoms with E-state index in [1.807, 2.05) is 4.90 Å². The Labute approximate surface area is 114 Å². The van der Waals surface area contributed by atoms with Gasteiger partial charge in [-0.1, -0.05) is 29.3 Å². The number of benzene rings is 1. The number of morpholine rings is 1. The van der Waals surface area contributed by atoms with Gasteiger partial charge in [0.25, 0.3) is 0 Å². The third-order valence-electron chi connectivity index (χ3n) is 3.68. The third kappa shape index (κ3) is 3.14. The van der Waals surface area contributed by atoms with Crippen molar-refractivity contribution in [1.29, 1.82) is 0 Å². The Morgan fingerprint density at radius 1 is 1.37 bits per heavy atom. The summed E-state index contributed by atoms with van der Waals surface area (Å²) in [6, 6.07) is 5.93. The standard InChI is InChI=1S/C15H21NO3/c1-10-6-11(2)8-13(7-10)12(3)16-4-5-19-9-14(16)15(17)18/h6-8,12,14H,4-5,9H2,1-3H3,(H,17,18). The van der Waals surface area contributed by atoms with Crippen molar-refractivity contribution in [1.82, 2.24) is 4.90 Å². The Morgan fingerprint density at radius 3 is 2.58 bits per heavy atom. The number of hydrogen-bond donors (Lipinski definition) is 1. The fraction of sp³-hybridized carbons (Fsp3) is 0.533. The van der Waals surface area contributed by atoms with Crippen molar-refractivity contribution in [2.24, 2.45) is 0 Å². The second kappa shape index (κ2) is 5.72. The summed E-state index contributed by atoms with van der Waals surface area (Å²) < 4.78 is 5.28. The highest BCUT2D eigenvalue weighted by atomic mass is 16.5. The molecule has 0 radical (unpaired) electrons. The van der Waals surface area contributed by atoms with Gasteiger partial charge in [-0.2, -0.15) is 0 Å². The van der Waals surface area contributed by atoms with E-state index in [1.54, 1.807) is 0 Å². The number of carbonyl (C=O) groups is 1. The quantitative estimate of drug-likeness (QED) is 0.908. The maximum absolute atomic E-state index is 11.3. The molecule has 1 N–H and O–H groups in total. The summed E-state index contributed by atoms with van der Waals surface area (Å²) in [5.41, 5.74) is 3.59. The lowest BCUT2D eigenvalue weighted by molar-refractivity contribution is -0.151. The van der Waals surface area contributed by atoms with Crippen LogP contribution in [0.4, 0.5) is 0 Å². The Bertz CT molecular complexity index is 452. The van der Waals surface area contributed by atoms with Gasteiger partial charge in [0.15, 0.2) is 0 Å². The van der Waals surface area contributed by atoms with Gasteiger partial charge in [0.2, 0.25) is 0 Å². The van der Waals surface area contributed by atoms with Gasteiger partial charge in [-0.3, -0.25) is 9.69 Å². The van der Waals surface area contributed by atoms with E-state index in [9.17, 15) is 9.90 Å². The molecule has 1 heterocycles. The Kier molecular flexibility index (Phi) is 4.22. The predicted octanol–water partition coefficient (Wildman–Crippen LogP) is 2.15. The van der Waals surface area contributed by atoms with Gasteiger partial charge in [-0.15, -0.1) is 0 Å². The molecule has 1 aliphatic rings. The molecule has 2 atom stereocenters. The number of hydrogen-bond acceptors (Lipinski definition) is 3. The summed E-state index contributed by atoms with van der Waals surface area (Å²) in [4.78, 5) is 13.3. The largest absolute Gasteiger partial charge is 0.480 e. The molecular weight excluding hydrogens is 242 g/mol. The van der Waals surface area contributed by atoms with E-state index in [2.05, 4.69) is 39.0 Å². The zero-order valence-corrected chi connectivity index (χ0v) is 11.7. The minimum Gasteiger partial charge on any atom is -0.480 e. The molecule has 2 unspecified atom stereocenters. The Balaban J connectivity index is 2.25. The molecular formula is C15H21NO3. The van der Waals surface area contributed by atoms with E-state index < -0.39 is 12.0 Å². The van der Waals surface area contributed by atoms with Crippen molar-refractivity contribution >= 4 is 5.97 Å². The molecule has 0 aromatic heterocycles. The van der Waals surface area contributed by atoms with Crippen LogP contribution < -0.4 is 0 Å². The minimum absolute atomic E-state index is 0.0867. The summed E-state index contributed by atoms with van der Waals surface area (Å²) in [7, 11) is 0. The number of ether oxygens (including phenoxy) is 1. The van der Waals surface area contributed by atoms with Crippen LogP contribution in [-0.4, -0.2) is 41.8 Å². The predicted molar refractivity (Wildman–Crippen MR) is 73.3 cm³/mol. The number of rotatable bonds is 3. The van der Waals surface area contributed by atoms with Crippen molar-refractivity contribution in [3.8, 4) is 0 Å². The molecule has 1 fully saturated rings. The molecule has 4 heteroatoms. The number of nitrogens with zero attached hydrogens (tertiary/aromatic N) is 1. The van der Waals surface area contributed by atoms with Crippen LogP contribution in [-0.2, 0) is 9.53 Å². The van der Waals surface area contributed by atoms with E-state index in [0.717, 1.165) is 0 Å². The molecule has 1 aromatic carbocycles. The lowest BCUT2D eigenvalue weighted by Crippen LogP contribution is -2.50. The molecule has 2 rings (SSSR count). The highest BCUT2D eigenvalue weighted by Gasteiger charge is 2.32. The van der Waals surface area contributed by atoms with Crippen LogP contribution in [0.25, 0.3) is 0 Å². The minimum atomic E-state index is -0.809. The summed E-state index contributed by atoms with van der Waals surface area (Å²) in [5.74, 6) is -0.809. The van der Waals surface area contributed by atoms with Gasteiger partial charge < -0.3 is 9.84 Å². The van der Waals surface area contributed by atoms with Crippen molar-refractivity contribution in [2.75, 3.05) is 19.8 Å². The van der Waals surface area contributed by atoms with Gasteiger partial charge in [0.05, 0.1) is 13.2 Å². The summed E-state index contributed by atoms with van der Waals surface area (Å²) in [5, 5.41) is 9.29. The Hall–Kier alpha value is -1.39. The van der Waals surface area contributed by atoms with Crippen molar-refractivity contribution in [3.05, 3.63) is 34.9 Å². The molecule has 19 heavy (non-hydrogen) atoms. The first kappa shape index (κ1) is 14.0. The highest BCUT2D eigenvalue weighted by molar-refractivity contribution is 5.73. The smallest absolute Gasteiger partial charge is 0.323 e. The van der Waals surface area contributed by atoms with E-state index in [1.165, 1.54) is 16.7 Å². The van der Waals surface area contributed by atoms with Crippen LogP contribution in [0.3, 0.4) is 0 Å². The summed E-state index contributed by atoms with van der Waals surface area (Å²) in [6.45, 7) is 7.72. The first-order valence-corrected chi connectivity index (χ1v) is 6.63. The van der Waals surface area contributed by atoms with E-state index in [0.29, 0.717) is 13.2 Å². The SMILES string of the molecule is Cc1cc(C)cc(C(C)N2CCOCC2C(=O)O)c1. The summed E-state index contributed by atoms with van der Waals surface area (Å²) >= 11 is 0. The molecule has 0 spiro atoms. The van der Waals surface area contributed by atoms with Crippen LogP contribution >= 0.6 is 0 Å². The lowest BCUT2D eigenvalue weighted by atomic mass is 9.99. The van der Waals surface area contributed by atoms with Gasteiger partial charge in [-0.25, -0.2) is 0 Å². The van der Waals surface area contributed by atoms with Crippen LogP contribution in [0, 0.1) is 13.8 Å². The zero-order valence-electron chi connectivity index (χ0n) is 11.7. The van der Waals surface area contributed by atoms with Crippen LogP contribution in [0.2, 0.25) is 0 Å². The maximum Gasteiger partial charge on any atom is 0.323 e. The molecule has 0 amide bonds. The third-order valence-corrected chi connectivity index (χ3v) is 3.68. The maximum atomic E-state index is 11.3. The zero-order chi connectivity index (χ0) is 14.0. The van der Waals surface area contributed by atoms with Gasteiger partial charge in [-0.05, 0) is 26.3 Å². The lowest BCUT2D eigenvalue weighted by Gasteiger charge is -2.37. The monoisotopic (exact) mass is 263 g/mol. The molecule has 0 bridgehead atoms. The first-order chi connectivity index (χ1) is 8.99. The van der Waals surface area contributed by atoms with E-state index in [4.69, 9.17) is 4.74 Å². The number of carboxylic acids is 1. The average molecular weight is 263 g/mol. The number of carboxylic acid groups (broad SMARTS) is 1. The van der Waals surface area contributed by atoms with E-state index in [-0.39, 0.29) is 12.6 Å². The molecule has 1 aliphatic heterocycles. The molecule has 0 saturated carbocycles. The fourth-order valence-corrected chi connectivity index (χ4v) is 2.74. The average Bonchev–Trinajstić information content (AvgIpc) is 2.36. The second-order valence-corrected chi connectivity index (χ2v) is 5.26. The van der Waals surface area contributed by atoms with Crippen LogP contribution in [0.15, 0.2) is 18.2 Å².